The minimum absolute atomic E-state index is 0.139. The normalized spacial score (nSPS) is 15.9. The first kappa shape index (κ1) is 18.7. The lowest BCUT2D eigenvalue weighted by molar-refractivity contribution is 0.104. The molecule has 0 radical (unpaired) electrons. The molecular formula is C19H24ClN3O3. The van der Waals surface area contributed by atoms with Gasteiger partial charge < -0.3 is 19.4 Å². The molecule has 140 valence electrons. The van der Waals surface area contributed by atoms with Crippen LogP contribution in [-0.2, 0) is 6.42 Å². The van der Waals surface area contributed by atoms with E-state index in [9.17, 15) is 4.79 Å². The quantitative estimate of drug-likeness (QED) is 0.823. The molecule has 3 rings (SSSR count). The molecule has 26 heavy (non-hydrogen) atoms. The van der Waals surface area contributed by atoms with E-state index in [1.807, 2.05) is 30.3 Å². The molecule has 6 nitrogen and oxygen atoms in total. The van der Waals surface area contributed by atoms with Crippen molar-refractivity contribution in [2.75, 3.05) is 26.7 Å². The Morgan fingerprint density at radius 2 is 2.04 bits per heavy atom. The number of carboxylic acid groups (broad SMARTS) is 1. The standard InChI is InChI=1S/C19H24ClN3O3/c1-22(19(24)25)16-8-11-23(12-9-16)10-2-3-17-13-18(21-26-17)14-4-6-15(20)7-5-14/h4-7,13,16H,2-3,8-12H2,1H3,(H,24,25). The third-order valence-corrected chi connectivity index (χ3v) is 5.25. The van der Waals surface area contributed by atoms with Crippen molar-refractivity contribution < 1.29 is 14.4 Å². The van der Waals surface area contributed by atoms with Gasteiger partial charge in [-0.15, -0.1) is 0 Å². The van der Waals surface area contributed by atoms with Gasteiger partial charge in [0.15, 0.2) is 0 Å². The Hall–Kier alpha value is -2.05. The van der Waals surface area contributed by atoms with Crippen molar-refractivity contribution in [3.05, 3.63) is 41.1 Å². The molecule has 1 aromatic carbocycles. The van der Waals surface area contributed by atoms with Crippen LogP contribution in [0, 0.1) is 0 Å². The van der Waals surface area contributed by atoms with Gasteiger partial charge in [0.1, 0.15) is 11.5 Å². The van der Waals surface area contributed by atoms with Crippen LogP contribution in [0.2, 0.25) is 5.02 Å². The van der Waals surface area contributed by atoms with E-state index in [4.69, 9.17) is 21.2 Å². The SMILES string of the molecule is CN(C(=O)O)C1CCN(CCCc2cc(-c3ccc(Cl)cc3)no2)CC1. The number of hydrogen-bond acceptors (Lipinski definition) is 4. The number of hydrogen-bond donors (Lipinski definition) is 1. The summed E-state index contributed by atoms with van der Waals surface area (Å²) in [6, 6.07) is 9.68. The minimum atomic E-state index is -0.842. The summed E-state index contributed by atoms with van der Waals surface area (Å²) in [6.45, 7) is 2.86. The zero-order chi connectivity index (χ0) is 18.5. The van der Waals surface area contributed by atoms with Crippen LogP contribution in [-0.4, -0.2) is 58.9 Å². The average Bonchev–Trinajstić information content (AvgIpc) is 3.11. The highest BCUT2D eigenvalue weighted by molar-refractivity contribution is 6.30. The number of piperidine rings is 1. The van der Waals surface area contributed by atoms with Gasteiger partial charge in [0, 0.05) is 49.3 Å². The van der Waals surface area contributed by atoms with Crippen LogP contribution in [0.15, 0.2) is 34.9 Å². The molecule has 0 bridgehead atoms. The van der Waals surface area contributed by atoms with Crippen LogP contribution in [0.5, 0.6) is 0 Å². The maximum atomic E-state index is 11.0. The zero-order valence-corrected chi connectivity index (χ0v) is 15.7. The van der Waals surface area contributed by atoms with Gasteiger partial charge in [-0.1, -0.05) is 28.9 Å². The highest BCUT2D eigenvalue weighted by Gasteiger charge is 2.24. The van der Waals surface area contributed by atoms with Gasteiger partial charge in [-0.2, -0.15) is 0 Å². The molecule has 0 unspecified atom stereocenters. The molecule has 0 atom stereocenters. The first-order valence-corrected chi connectivity index (χ1v) is 9.30. The Morgan fingerprint density at radius 1 is 1.35 bits per heavy atom. The van der Waals surface area contributed by atoms with Crippen LogP contribution in [0.25, 0.3) is 11.3 Å². The number of nitrogens with zero attached hydrogens (tertiary/aromatic N) is 3. The maximum Gasteiger partial charge on any atom is 0.407 e. The second kappa shape index (κ2) is 8.56. The summed E-state index contributed by atoms with van der Waals surface area (Å²) in [4.78, 5) is 14.8. The van der Waals surface area contributed by atoms with Gasteiger partial charge in [-0.25, -0.2) is 4.79 Å². The molecule has 2 heterocycles. The van der Waals surface area contributed by atoms with Crippen molar-refractivity contribution >= 4 is 17.7 Å². The van der Waals surface area contributed by atoms with Crippen molar-refractivity contribution in [1.29, 1.82) is 0 Å². The highest BCUT2D eigenvalue weighted by Crippen LogP contribution is 2.22. The van der Waals surface area contributed by atoms with E-state index in [-0.39, 0.29) is 6.04 Å². The Morgan fingerprint density at radius 3 is 2.69 bits per heavy atom. The monoisotopic (exact) mass is 377 g/mol. The molecule has 1 aliphatic heterocycles. The second-order valence-electron chi connectivity index (χ2n) is 6.76. The van der Waals surface area contributed by atoms with E-state index in [0.717, 1.165) is 62.3 Å². The molecule has 2 aromatic rings. The van der Waals surface area contributed by atoms with Crippen molar-refractivity contribution in [2.45, 2.75) is 31.7 Å². The highest BCUT2D eigenvalue weighted by atomic mass is 35.5. The summed E-state index contributed by atoms with van der Waals surface area (Å²) in [5.74, 6) is 0.885. The summed E-state index contributed by atoms with van der Waals surface area (Å²) < 4.78 is 5.44. The number of carbonyl (C=O) groups is 1. The number of halogens is 1. The van der Waals surface area contributed by atoms with Gasteiger partial charge in [0.2, 0.25) is 0 Å². The Bertz CT molecular complexity index is 724. The fourth-order valence-electron chi connectivity index (χ4n) is 3.35. The minimum Gasteiger partial charge on any atom is -0.465 e. The predicted molar refractivity (Wildman–Crippen MR) is 101 cm³/mol. The topological polar surface area (TPSA) is 69.8 Å². The molecule has 1 aliphatic rings. The number of amides is 1. The van der Waals surface area contributed by atoms with Crippen LogP contribution < -0.4 is 0 Å². The van der Waals surface area contributed by atoms with E-state index >= 15 is 0 Å². The lowest BCUT2D eigenvalue weighted by Crippen LogP contribution is -2.45. The summed E-state index contributed by atoms with van der Waals surface area (Å²) in [7, 11) is 1.66. The van der Waals surface area contributed by atoms with Crippen LogP contribution in [0.4, 0.5) is 4.79 Å². The summed E-state index contributed by atoms with van der Waals surface area (Å²) in [5, 5.41) is 13.9. The lowest BCUT2D eigenvalue weighted by Gasteiger charge is -2.35. The number of likely N-dealkylation sites (tertiary alicyclic amines) is 1. The lowest BCUT2D eigenvalue weighted by atomic mass is 10.0. The van der Waals surface area contributed by atoms with E-state index in [2.05, 4.69) is 10.1 Å². The van der Waals surface area contributed by atoms with Crippen molar-refractivity contribution in [3.63, 3.8) is 0 Å². The molecule has 0 aliphatic carbocycles. The van der Waals surface area contributed by atoms with Gasteiger partial charge in [0.05, 0.1) is 0 Å². The molecule has 0 saturated carbocycles. The molecule has 7 heteroatoms. The predicted octanol–water partition coefficient (Wildman–Crippen LogP) is 4.00. The third-order valence-electron chi connectivity index (χ3n) is 5.00. The summed E-state index contributed by atoms with van der Waals surface area (Å²) >= 11 is 5.91. The van der Waals surface area contributed by atoms with Gasteiger partial charge in [-0.3, -0.25) is 0 Å². The molecule has 1 aromatic heterocycles. The Kier molecular flexibility index (Phi) is 6.16. The number of aromatic nitrogens is 1. The number of rotatable bonds is 6. The molecular weight excluding hydrogens is 354 g/mol. The zero-order valence-electron chi connectivity index (χ0n) is 14.9. The van der Waals surface area contributed by atoms with Crippen molar-refractivity contribution in [1.82, 2.24) is 15.0 Å². The number of benzene rings is 1. The van der Waals surface area contributed by atoms with Crippen LogP contribution in [0.1, 0.15) is 25.0 Å². The average molecular weight is 378 g/mol. The molecule has 1 fully saturated rings. The number of aryl methyl sites for hydroxylation is 1. The van der Waals surface area contributed by atoms with Crippen LogP contribution in [0.3, 0.4) is 0 Å². The summed E-state index contributed by atoms with van der Waals surface area (Å²) in [6.07, 6.45) is 2.78. The first-order chi connectivity index (χ1) is 12.5. The van der Waals surface area contributed by atoms with Gasteiger partial charge in [-0.05, 0) is 37.9 Å². The molecule has 0 spiro atoms. The third kappa shape index (κ3) is 4.77. The van der Waals surface area contributed by atoms with E-state index in [0.29, 0.717) is 5.02 Å². The molecule has 1 N–H and O–H groups in total. The smallest absolute Gasteiger partial charge is 0.407 e. The van der Waals surface area contributed by atoms with E-state index in [1.165, 1.54) is 4.90 Å². The molecule has 1 saturated heterocycles. The molecule has 1 amide bonds. The fraction of sp³-hybridized carbons (Fsp3) is 0.474. The van der Waals surface area contributed by atoms with Crippen LogP contribution >= 0.6 is 11.6 Å². The van der Waals surface area contributed by atoms with E-state index in [1.54, 1.807) is 7.05 Å². The maximum absolute atomic E-state index is 11.0. The second-order valence-corrected chi connectivity index (χ2v) is 7.19. The Labute approximate surface area is 158 Å². The van der Waals surface area contributed by atoms with Gasteiger partial charge in [0.25, 0.3) is 0 Å². The largest absolute Gasteiger partial charge is 0.465 e. The van der Waals surface area contributed by atoms with Crippen molar-refractivity contribution in [3.8, 4) is 11.3 Å². The fourth-order valence-corrected chi connectivity index (χ4v) is 3.48. The Balaban J connectivity index is 1.42. The van der Waals surface area contributed by atoms with Crippen molar-refractivity contribution in [2.24, 2.45) is 0 Å². The summed E-state index contributed by atoms with van der Waals surface area (Å²) in [5.41, 5.74) is 1.82. The first-order valence-electron chi connectivity index (χ1n) is 8.92. The van der Waals surface area contributed by atoms with Gasteiger partial charge >= 0.3 is 6.09 Å². The van der Waals surface area contributed by atoms with E-state index < -0.39 is 6.09 Å².